The zero-order valence-corrected chi connectivity index (χ0v) is 14.6. The molecule has 0 fully saturated rings. The summed E-state index contributed by atoms with van der Waals surface area (Å²) in [7, 11) is 0. The first-order valence-corrected chi connectivity index (χ1v) is 8.59. The monoisotopic (exact) mass is 314 g/mol. The van der Waals surface area contributed by atoms with Crippen LogP contribution < -0.4 is 0 Å². The van der Waals surface area contributed by atoms with Crippen molar-refractivity contribution in [2.45, 2.75) is 38.2 Å². The maximum absolute atomic E-state index is 12.7. The Labute approximate surface area is 136 Å². The van der Waals surface area contributed by atoms with Crippen molar-refractivity contribution in [1.82, 2.24) is 0 Å². The maximum atomic E-state index is 12.7. The van der Waals surface area contributed by atoms with Crippen LogP contribution in [-0.4, -0.2) is 17.6 Å². The molecular formula is C19H22O2S. The molecular weight excluding hydrogens is 292 g/mol. The molecule has 0 N–H and O–H groups in total. The lowest BCUT2D eigenvalue weighted by Gasteiger charge is -2.17. The van der Waals surface area contributed by atoms with Crippen molar-refractivity contribution in [2.24, 2.45) is 0 Å². The smallest absolute Gasteiger partial charge is 0.210 e. The number of ketones is 1. The predicted molar refractivity (Wildman–Crippen MR) is 93.9 cm³/mol. The van der Waals surface area contributed by atoms with Crippen LogP contribution in [0.3, 0.4) is 0 Å². The van der Waals surface area contributed by atoms with Crippen molar-refractivity contribution in [3.8, 4) is 0 Å². The largest absolute Gasteiger partial charge is 0.478 e. The van der Waals surface area contributed by atoms with Gasteiger partial charge in [-0.1, -0.05) is 30.4 Å². The van der Waals surface area contributed by atoms with Gasteiger partial charge in [0.2, 0.25) is 5.78 Å². The van der Waals surface area contributed by atoms with Gasteiger partial charge in [-0.3, -0.25) is 4.79 Å². The van der Waals surface area contributed by atoms with Gasteiger partial charge in [0.15, 0.2) is 5.60 Å². The second-order valence-corrected chi connectivity index (χ2v) is 6.50. The molecule has 0 bridgehead atoms. The standard InChI is InChI=1S/C19H22O2S/c1-6-8-13(7-2)16-17(21-19(3,4)18(16)20)14-9-11-15(22-5)12-10-14/h6-12H,1-5H3/b8-6-,13-7+. The summed E-state index contributed by atoms with van der Waals surface area (Å²) in [6.45, 7) is 7.53. The molecule has 1 aliphatic heterocycles. The van der Waals surface area contributed by atoms with Crippen molar-refractivity contribution in [3.05, 3.63) is 59.2 Å². The van der Waals surface area contributed by atoms with E-state index in [0.29, 0.717) is 11.3 Å². The highest BCUT2D eigenvalue weighted by atomic mass is 32.2. The molecule has 0 unspecified atom stereocenters. The maximum Gasteiger partial charge on any atom is 0.210 e. The SMILES string of the molecule is C/C=C\C(=C/C)C1=C(c2ccc(SC)cc2)OC(C)(C)C1=O. The van der Waals surface area contributed by atoms with E-state index in [1.165, 1.54) is 4.90 Å². The Hall–Kier alpha value is -1.74. The van der Waals surface area contributed by atoms with Crippen LogP contribution in [0.5, 0.6) is 0 Å². The molecule has 0 amide bonds. The van der Waals surface area contributed by atoms with Gasteiger partial charge < -0.3 is 4.74 Å². The first kappa shape index (κ1) is 16.6. The minimum Gasteiger partial charge on any atom is -0.478 e. The zero-order chi connectivity index (χ0) is 16.3. The third kappa shape index (κ3) is 3.05. The van der Waals surface area contributed by atoms with Crippen molar-refractivity contribution >= 4 is 23.3 Å². The van der Waals surface area contributed by atoms with Gasteiger partial charge in [-0.15, -0.1) is 11.8 Å². The van der Waals surface area contributed by atoms with Gasteiger partial charge in [-0.25, -0.2) is 0 Å². The average Bonchev–Trinajstić information content (AvgIpc) is 2.76. The molecule has 22 heavy (non-hydrogen) atoms. The third-order valence-electron chi connectivity index (χ3n) is 3.66. The molecule has 0 spiro atoms. The van der Waals surface area contributed by atoms with Gasteiger partial charge in [-0.2, -0.15) is 0 Å². The summed E-state index contributed by atoms with van der Waals surface area (Å²) in [4.78, 5) is 13.9. The summed E-state index contributed by atoms with van der Waals surface area (Å²) in [6.07, 6.45) is 7.89. The average molecular weight is 314 g/mol. The van der Waals surface area contributed by atoms with Crippen LogP contribution in [0.15, 0.2) is 58.5 Å². The summed E-state index contributed by atoms with van der Waals surface area (Å²) < 4.78 is 6.01. The number of allylic oxidation sites excluding steroid dienone is 4. The predicted octanol–water partition coefficient (Wildman–Crippen LogP) is 5.02. The highest BCUT2D eigenvalue weighted by molar-refractivity contribution is 7.98. The lowest BCUT2D eigenvalue weighted by atomic mass is 9.92. The Balaban J connectivity index is 2.59. The number of ether oxygens (including phenoxy) is 1. The Bertz CT molecular complexity index is 661. The van der Waals surface area contributed by atoms with E-state index in [2.05, 4.69) is 12.1 Å². The molecule has 0 aliphatic carbocycles. The Kier molecular flexibility index (Phi) is 4.97. The summed E-state index contributed by atoms with van der Waals surface area (Å²) in [5, 5.41) is 0. The fourth-order valence-electron chi connectivity index (χ4n) is 2.47. The Morgan fingerprint density at radius 1 is 1.18 bits per heavy atom. The van der Waals surface area contributed by atoms with E-state index in [0.717, 1.165) is 11.1 Å². The number of Topliss-reactive ketones (excluding diaryl/α,β-unsaturated/α-hetero) is 1. The summed E-state index contributed by atoms with van der Waals surface area (Å²) in [5.74, 6) is 0.705. The van der Waals surface area contributed by atoms with E-state index in [1.807, 2.05) is 64.3 Å². The number of hydrogen-bond acceptors (Lipinski definition) is 3. The van der Waals surface area contributed by atoms with Gasteiger partial charge >= 0.3 is 0 Å². The Morgan fingerprint density at radius 3 is 2.32 bits per heavy atom. The van der Waals surface area contributed by atoms with E-state index in [1.54, 1.807) is 11.8 Å². The summed E-state index contributed by atoms with van der Waals surface area (Å²) in [6, 6.07) is 8.13. The van der Waals surface area contributed by atoms with Crippen LogP contribution >= 0.6 is 11.8 Å². The second kappa shape index (κ2) is 6.57. The van der Waals surface area contributed by atoms with Gasteiger partial charge in [0, 0.05) is 10.5 Å². The van der Waals surface area contributed by atoms with E-state index in [9.17, 15) is 4.79 Å². The van der Waals surface area contributed by atoms with Crippen molar-refractivity contribution < 1.29 is 9.53 Å². The number of carbonyl (C=O) groups excluding carboxylic acids is 1. The minimum absolute atomic E-state index is 0.0302. The van der Waals surface area contributed by atoms with E-state index in [4.69, 9.17) is 4.74 Å². The highest BCUT2D eigenvalue weighted by Gasteiger charge is 2.42. The molecule has 0 atom stereocenters. The van der Waals surface area contributed by atoms with Crippen LogP contribution in [-0.2, 0) is 9.53 Å². The quantitative estimate of drug-likeness (QED) is 0.576. The fourth-order valence-corrected chi connectivity index (χ4v) is 2.88. The van der Waals surface area contributed by atoms with Crippen LogP contribution in [0.4, 0.5) is 0 Å². The van der Waals surface area contributed by atoms with E-state index in [-0.39, 0.29) is 5.78 Å². The molecule has 0 saturated carbocycles. The van der Waals surface area contributed by atoms with Gasteiger partial charge in [0.1, 0.15) is 5.76 Å². The van der Waals surface area contributed by atoms with Crippen molar-refractivity contribution in [3.63, 3.8) is 0 Å². The first-order valence-electron chi connectivity index (χ1n) is 7.36. The van der Waals surface area contributed by atoms with Crippen LogP contribution in [0.25, 0.3) is 5.76 Å². The van der Waals surface area contributed by atoms with Gasteiger partial charge in [-0.05, 0) is 51.7 Å². The molecule has 1 aromatic rings. The molecule has 1 aliphatic rings. The molecule has 0 aromatic heterocycles. The van der Waals surface area contributed by atoms with E-state index < -0.39 is 5.60 Å². The molecule has 3 heteroatoms. The molecule has 1 aromatic carbocycles. The lowest BCUT2D eigenvalue weighted by Crippen LogP contribution is -2.29. The Morgan fingerprint density at radius 2 is 1.82 bits per heavy atom. The number of thioether (sulfide) groups is 1. The molecule has 116 valence electrons. The molecule has 1 heterocycles. The topological polar surface area (TPSA) is 26.3 Å². The van der Waals surface area contributed by atoms with Crippen LogP contribution in [0.2, 0.25) is 0 Å². The zero-order valence-electron chi connectivity index (χ0n) is 13.8. The number of benzene rings is 1. The van der Waals surface area contributed by atoms with Crippen LogP contribution in [0, 0.1) is 0 Å². The highest BCUT2D eigenvalue weighted by Crippen LogP contribution is 2.40. The van der Waals surface area contributed by atoms with E-state index >= 15 is 0 Å². The summed E-state index contributed by atoms with van der Waals surface area (Å²) in [5.41, 5.74) is 1.69. The number of carbonyl (C=O) groups is 1. The first-order chi connectivity index (χ1) is 10.4. The van der Waals surface area contributed by atoms with Crippen molar-refractivity contribution in [2.75, 3.05) is 6.26 Å². The van der Waals surface area contributed by atoms with Crippen LogP contribution in [0.1, 0.15) is 33.3 Å². The fraction of sp³-hybridized carbons (Fsp3) is 0.316. The summed E-state index contributed by atoms with van der Waals surface area (Å²) >= 11 is 1.69. The number of hydrogen-bond donors (Lipinski definition) is 0. The molecule has 0 saturated heterocycles. The number of rotatable bonds is 4. The van der Waals surface area contributed by atoms with Gasteiger partial charge in [0.05, 0.1) is 5.57 Å². The minimum atomic E-state index is -0.821. The molecule has 2 rings (SSSR count). The second-order valence-electron chi connectivity index (χ2n) is 5.62. The van der Waals surface area contributed by atoms with Gasteiger partial charge in [0.25, 0.3) is 0 Å². The lowest BCUT2D eigenvalue weighted by molar-refractivity contribution is -0.126. The normalized spacial score (nSPS) is 18.2. The van der Waals surface area contributed by atoms with Crippen molar-refractivity contribution in [1.29, 1.82) is 0 Å². The molecule has 2 nitrogen and oxygen atoms in total. The third-order valence-corrected chi connectivity index (χ3v) is 4.40. The molecule has 0 radical (unpaired) electrons.